The zero-order chi connectivity index (χ0) is 16.2. The first kappa shape index (κ1) is 17.6. The summed E-state index contributed by atoms with van der Waals surface area (Å²) in [5.74, 6) is -1.97. The fourth-order valence-corrected chi connectivity index (χ4v) is 3.81. The Morgan fingerprint density at radius 3 is 1.95 bits per heavy atom. The first-order valence-corrected chi connectivity index (χ1v) is 8.82. The van der Waals surface area contributed by atoms with Crippen molar-refractivity contribution < 1.29 is 18.0 Å². The molecule has 7 heteroatoms. The first-order valence-electron chi connectivity index (χ1n) is 6.15. The van der Waals surface area contributed by atoms with Crippen molar-refractivity contribution in [3.05, 3.63) is 29.8 Å². The fourth-order valence-electron chi connectivity index (χ4n) is 1.72. The Hall–Kier alpha value is -1.47. The number of Topliss-reactive ketones (excluding diaryl/α,β-unsaturated/α-hetero) is 2. The van der Waals surface area contributed by atoms with Gasteiger partial charge in [0.25, 0.3) is 10.0 Å². The van der Waals surface area contributed by atoms with Gasteiger partial charge in [0.1, 0.15) is 22.5 Å². The van der Waals surface area contributed by atoms with Crippen LogP contribution in [0.4, 0.5) is 0 Å². The molecule has 1 rings (SSSR count). The summed E-state index contributed by atoms with van der Waals surface area (Å²) in [4.78, 5) is 23.1. The Morgan fingerprint density at radius 2 is 1.57 bits per heavy atom. The van der Waals surface area contributed by atoms with Crippen LogP contribution in [0.1, 0.15) is 19.4 Å². The Balaban J connectivity index is 3.31. The second-order valence-corrected chi connectivity index (χ2v) is 7.01. The van der Waals surface area contributed by atoms with Gasteiger partial charge in [-0.1, -0.05) is 17.7 Å². The lowest BCUT2D eigenvalue weighted by Gasteiger charge is -2.11. The van der Waals surface area contributed by atoms with Crippen LogP contribution >= 0.6 is 11.8 Å². The number of aryl methyl sites for hydroxylation is 1. The highest BCUT2D eigenvalue weighted by Crippen LogP contribution is 2.19. The van der Waals surface area contributed by atoms with Gasteiger partial charge in [-0.25, -0.2) is 0 Å². The molecule has 0 spiro atoms. The molecular weight excluding hydrogens is 310 g/mol. The molecule has 0 saturated carbocycles. The number of sulfonamides is 1. The number of rotatable bonds is 5. The van der Waals surface area contributed by atoms with Crippen LogP contribution in [0, 0.1) is 12.8 Å². The van der Waals surface area contributed by atoms with Crippen LogP contribution in [0.5, 0.6) is 0 Å². The molecule has 0 saturated heterocycles. The van der Waals surface area contributed by atoms with E-state index in [2.05, 4.69) is 4.40 Å². The molecule has 5 nitrogen and oxygen atoms in total. The number of carbonyl (C=O) groups is 2. The van der Waals surface area contributed by atoms with Gasteiger partial charge in [0.05, 0.1) is 4.90 Å². The summed E-state index contributed by atoms with van der Waals surface area (Å²) < 4.78 is 28.2. The largest absolute Gasteiger partial charge is 0.299 e. The summed E-state index contributed by atoms with van der Waals surface area (Å²) in [6.45, 7) is 4.33. The molecule has 0 unspecified atom stereocenters. The molecule has 0 aliphatic rings. The predicted octanol–water partition coefficient (Wildman–Crippen LogP) is 2.24. The quantitative estimate of drug-likeness (QED) is 0.471. The van der Waals surface area contributed by atoms with Gasteiger partial charge in [0.2, 0.25) is 0 Å². The summed E-state index contributed by atoms with van der Waals surface area (Å²) in [6, 6.07) is 6.22. The lowest BCUT2D eigenvalue weighted by atomic mass is 10.0. The summed E-state index contributed by atoms with van der Waals surface area (Å²) in [5, 5.41) is -0.00410. The normalized spacial score (nSPS) is 12.5. The standard InChI is InChI=1S/C14H17NO4S2/c1-9-5-7-12(8-6-9)21(18,19)15-14(20-4)13(10(2)16)11(3)17/h5-8,13H,1-4H3/b15-14-. The van der Waals surface area contributed by atoms with Crippen LogP contribution in [-0.4, -0.2) is 31.3 Å². The lowest BCUT2D eigenvalue weighted by molar-refractivity contribution is -0.127. The van der Waals surface area contributed by atoms with Gasteiger partial charge in [-0.15, -0.1) is 11.8 Å². The van der Waals surface area contributed by atoms with E-state index in [-0.39, 0.29) is 9.94 Å². The molecular formula is C14H17NO4S2. The van der Waals surface area contributed by atoms with Gasteiger partial charge in [-0.05, 0) is 39.2 Å². The van der Waals surface area contributed by atoms with Gasteiger partial charge < -0.3 is 0 Å². The van der Waals surface area contributed by atoms with Gasteiger partial charge in [0, 0.05) is 0 Å². The molecule has 114 valence electrons. The number of hydrogen-bond acceptors (Lipinski definition) is 5. The van der Waals surface area contributed by atoms with E-state index in [4.69, 9.17) is 0 Å². The molecule has 0 aromatic heterocycles. The summed E-state index contributed by atoms with van der Waals surface area (Å²) >= 11 is 0.989. The van der Waals surface area contributed by atoms with Gasteiger partial charge in [0.15, 0.2) is 0 Å². The van der Waals surface area contributed by atoms with Gasteiger partial charge in [-0.3, -0.25) is 9.59 Å². The molecule has 0 amide bonds. The van der Waals surface area contributed by atoms with Crippen molar-refractivity contribution in [2.75, 3.05) is 6.26 Å². The van der Waals surface area contributed by atoms with Gasteiger partial charge >= 0.3 is 0 Å². The SMILES string of the molecule is CS/C(=N\S(=O)(=O)c1ccc(C)cc1)C(C(C)=O)C(C)=O. The van der Waals surface area contributed by atoms with Crippen molar-refractivity contribution in [3.63, 3.8) is 0 Å². The monoisotopic (exact) mass is 327 g/mol. The van der Waals surface area contributed by atoms with Crippen LogP contribution in [0.2, 0.25) is 0 Å². The molecule has 0 bridgehead atoms. The van der Waals surface area contributed by atoms with Crippen molar-refractivity contribution >= 4 is 38.4 Å². The smallest absolute Gasteiger partial charge is 0.283 e. The Bertz CT molecular complexity index is 661. The minimum absolute atomic E-state index is 0.00410. The average Bonchev–Trinajstić information content (AvgIpc) is 2.37. The molecule has 0 fully saturated rings. The van der Waals surface area contributed by atoms with Crippen LogP contribution in [0.25, 0.3) is 0 Å². The molecule has 1 aromatic rings. The molecule has 1 aromatic carbocycles. The second kappa shape index (κ2) is 7.00. The number of hydrogen-bond donors (Lipinski definition) is 0. The lowest BCUT2D eigenvalue weighted by Crippen LogP contribution is -2.27. The first-order chi connectivity index (χ1) is 9.69. The summed E-state index contributed by atoms with van der Waals surface area (Å²) in [5.41, 5.74) is 0.924. The zero-order valence-corrected chi connectivity index (χ0v) is 13.9. The van der Waals surface area contributed by atoms with Crippen LogP contribution in [0.15, 0.2) is 33.6 Å². The minimum atomic E-state index is -3.94. The van der Waals surface area contributed by atoms with E-state index in [1.54, 1.807) is 18.4 Å². The highest BCUT2D eigenvalue weighted by Gasteiger charge is 2.27. The topological polar surface area (TPSA) is 80.6 Å². The molecule has 0 atom stereocenters. The summed E-state index contributed by atoms with van der Waals surface area (Å²) in [7, 11) is -3.94. The van der Waals surface area contributed by atoms with Gasteiger partial charge in [-0.2, -0.15) is 12.8 Å². The highest BCUT2D eigenvalue weighted by molar-refractivity contribution is 8.14. The Labute approximate surface area is 128 Å². The Kier molecular flexibility index (Phi) is 5.86. The number of thioether (sulfide) groups is 1. The highest BCUT2D eigenvalue weighted by atomic mass is 32.2. The van der Waals surface area contributed by atoms with Crippen molar-refractivity contribution in [3.8, 4) is 0 Å². The van der Waals surface area contributed by atoms with E-state index in [9.17, 15) is 18.0 Å². The van der Waals surface area contributed by atoms with Crippen LogP contribution < -0.4 is 0 Å². The maximum Gasteiger partial charge on any atom is 0.283 e. The molecule has 0 aliphatic carbocycles. The predicted molar refractivity (Wildman–Crippen MR) is 84.2 cm³/mol. The van der Waals surface area contributed by atoms with Crippen molar-refractivity contribution in [2.24, 2.45) is 10.3 Å². The maximum atomic E-state index is 12.2. The fraction of sp³-hybridized carbons (Fsp3) is 0.357. The number of nitrogens with zero attached hydrogens (tertiary/aromatic N) is 1. The van der Waals surface area contributed by atoms with E-state index in [0.29, 0.717) is 0 Å². The number of benzene rings is 1. The number of ketones is 2. The van der Waals surface area contributed by atoms with E-state index in [1.165, 1.54) is 26.0 Å². The third-order valence-corrected chi connectivity index (χ3v) is 4.96. The summed E-state index contributed by atoms with van der Waals surface area (Å²) in [6.07, 6.45) is 1.59. The number of carbonyl (C=O) groups excluding carboxylic acids is 2. The third-order valence-electron chi connectivity index (χ3n) is 2.80. The van der Waals surface area contributed by atoms with Crippen molar-refractivity contribution in [2.45, 2.75) is 25.7 Å². The molecule has 0 aliphatic heterocycles. The van der Waals surface area contributed by atoms with Crippen molar-refractivity contribution in [1.82, 2.24) is 0 Å². The van der Waals surface area contributed by atoms with E-state index < -0.39 is 27.5 Å². The average molecular weight is 327 g/mol. The van der Waals surface area contributed by atoms with E-state index >= 15 is 0 Å². The third kappa shape index (κ3) is 4.50. The van der Waals surface area contributed by atoms with E-state index in [0.717, 1.165) is 17.3 Å². The van der Waals surface area contributed by atoms with Crippen LogP contribution in [0.3, 0.4) is 0 Å². The molecule has 0 heterocycles. The molecule has 0 radical (unpaired) electrons. The Morgan fingerprint density at radius 1 is 1.10 bits per heavy atom. The van der Waals surface area contributed by atoms with Crippen molar-refractivity contribution in [1.29, 1.82) is 0 Å². The molecule has 21 heavy (non-hydrogen) atoms. The minimum Gasteiger partial charge on any atom is -0.299 e. The maximum absolute atomic E-state index is 12.2. The van der Waals surface area contributed by atoms with E-state index in [1.807, 2.05) is 6.92 Å². The second-order valence-electron chi connectivity index (χ2n) is 4.58. The zero-order valence-electron chi connectivity index (χ0n) is 12.3. The van der Waals surface area contributed by atoms with Crippen LogP contribution in [-0.2, 0) is 19.6 Å². The molecule has 0 N–H and O–H groups in total.